The standard InChI is InChI=1S/C20H22N2O5S/c1-14(23)28-12-10-20(13-15-7-4-3-5-8-15)16(24)21-11-6-9-19(2,18(26)27)22(21)17(20)25/h3-9H,10-13H2,1-2H3,(H,26,27). The van der Waals surface area contributed by atoms with Crippen LogP contribution in [0.4, 0.5) is 0 Å². The number of thioether (sulfide) groups is 1. The fourth-order valence-electron chi connectivity index (χ4n) is 3.75. The van der Waals surface area contributed by atoms with Gasteiger partial charge in [0, 0.05) is 12.7 Å². The van der Waals surface area contributed by atoms with Crippen molar-refractivity contribution in [3.05, 3.63) is 48.0 Å². The summed E-state index contributed by atoms with van der Waals surface area (Å²) >= 11 is 1.06. The number of hydrazine groups is 1. The molecule has 28 heavy (non-hydrogen) atoms. The van der Waals surface area contributed by atoms with Crippen LogP contribution in [0.3, 0.4) is 0 Å². The van der Waals surface area contributed by atoms with E-state index < -0.39 is 28.7 Å². The van der Waals surface area contributed by atoms with Gasteiger partial charge in [0.05, 0.1) is 6.54 Å². The van der Waals surface area contributed by atoms with E-state index in [1.165, 1.54) is 24.9 Å². The van der Waals surface area contributed by atoms with Gasteiger partial charge in [-0.25, -0.2) is 14.8 Å². The van der Waals surface area contributed by atoms with E-state index in [-0.39, 0.29) is 24.5 Å². The number of benzene rings is 1. The zero-order chi connectivity index (χ0) is 20.5. The lowest BCUT2D eigenvalue weighted by molar-refractivity contribution is -0.171. The van der Waals surface area contributed by atoms with Gasteiger partial charge < -0.3 is 5.11 Å². The maximum Gasteiger partial charge on any atom is 0.335 e. The Labute approximate surface area is 167 Å². The van der Waals surface area contributed by atoms with Gasteiger partial charge in [-0.05, 0) is 31.4 Å². The van der Waals surface area contributed by atoms with Crippen LogP contribution < -0.4 is 0 Å². The lowest BCUT2D eigenvalue weighted by Gasteiger charge is -2.40. The number of carboxylic acid groups (broad SMARTS) is 1. The van der Waals surface area contributed by atoms with Crippen LogP contribution in [0.25, 0.3) is 0 Å². The Kier molecular flexibility index (Phi) is 5.34. The van der Waals surface area contributed by atoms with Crippen molar-refractivity contribution in [3.8, 4) is 0 Å². The zero-order valence-corrected chi connectivity index (χ0v) is 16.6. The highest BCUT2D eigenvalue weighted by molar-refractivity contribution is 8.13. The van der Waals surface area contributed by atoms with Crippen LogP contribution in [0.15, 0.2) is 42.5 Å². The second kappa shape index (κ2) is 7.43. The lowest BCUT2D eigenvalue weighted by atomic mass is 9.78. The second-order valence-electron chi connectivity index (χ2n) is 7.19. The summed E-state index contributed by atoms with van der Waals surface area (Å²) < 4.78 is 0. The molecule has 2 amide bonds. The van der Waals surface area contributed by atoms with Crippen molar-refractivity contribution < 1.29 is 24.3 Å². The molecule has 1 aromatic rings. The Balaban J connectivity index is 2.03. The summed E-state index contributed by atoms with van der Waals surface area (Å²) in [7, 11) is 0. The molecule has 2 unspecified atom stereocenters. The van der Waals surface area contributed by atoms with Crippen LogP contribution in [-0.4, -0.2) is 55.9 Å². The fraction of sp³-hybridized carbons (Fsp3) is 0.400. The fourth-order valence-corrected chi connectivity index (χ4v) is 4.49. The minimum Gasteiger partial charge on any atom is -0.479 e. The average molecular weight is 402 g/mol. The van der Waals surface area contributed by atoms with Crippen molar-refractivity contribution in [1.29, 1.82) is 0 Å². The third-order valence-electron chi connectivity index (χ3n) is 5.26. The minimum absolute atomic E-state index is 0.0946. The van der Waals surface area contributed by atoms with E-state index >= 15 is 0 Å². The van der Waals surface area contributed by atoms with Gasteiger partial charge in [-0.15, -0.1) is 0 Å². The number of carbonyl (C=O) groups excluding carboxylic acids is 3. The molecule has 2 heterocycles. The van der Waals surface area contributed by atoms with Crippen LogP contribution in [-0.2, 0) is 25.6 Å². The van der Waals surface area contributed by atoms with E-state index in [1.807, 2.05) is 30.3 Å². The van der Waals surface area contributed by atoms with Crippen molar-refractivity contribution in [3.63, 3.8) is 0 Å². The molecule has 0 bridgehead atoms. The Morgan fingerprint density at radius 3 is 2.46 bits per heavy atom. The first-order valence-corrected chi connectivity index (χ1v) is 9.96. The number of fused-ring (bicyclic) bond motifs is 1. The monoisotopic (exact) mass is 402 g/mol. The molecule has 148 valence electrons. The molecular weight excluding hydrogens is 380 g/mol. The molecule has 1 aromatic carbocycles. The lowest BCUT2D eigenvalue weighted by Crippen LogP contribution is -2.60. The van der Waals surface area contributed by atoms with Gasteiger partial charge in [-0.1, -0.05) is 48.2 Å². The quantitative estimate of drug-likeness (QED) is 0.577. The average Bonchev–Trinajstić information content (AvgIpc) is 2.85. The Hall–Kier alpha value is -2.61. The maximum absolute atomic E-state index is 13.5. The molecule has 3 rings (SSSR count). The molecule has 2 aliphatic rings. The largest absolute Gasteiger partial charge is 0.479 e. The third kappa shape index (κ3) is 3.22. The van der Waals surface area contributed by atoms with Crippen LogP contribution in [0, 0.1) is 5.41 Å². The highest BCUT2D eigenvalue weighted by Crippen LogP contribution is 2.44. The van der Waals surface area contributed by atoms with Gasteiger partial charge in [0.15, 0.2) is 10.7 Å². The number of amides is 2. The smallest absolute Gasteiger partial charge is 0.335 e. The highest BCUT2D eigenvalue weighted by Gasteiger charge is 2.63. The maximum atomic E-state index is 13.5. The van der Waals surface area contributed by atoms with Gasteiger partial charge in [-0.3, -0.25) is 14.4 Å². The van der Waals surface area contributed by atoms with Crippen molar-refractivity contribution in [2.45, 2.75) is 32.2 Å². The van der Waals surface area contributed by atoms with E-state index in [0.29, 0.717) is 5.75 Å². The van der Waals surface area contributed by atoms with Crippen LogP contribution in [0.5, 0.6) is 0 Å². The normalized spacial score (nSPS) is 26.5. The Morgan fingerprint density at radius 2 is 1.86 bits per heavy atom. The first-order chi connectivity index (χ1) is 13.2. The Bertz CT molecular complexity index is 855. The number of hydrogen-bond acceptors (Lipinski definition) is 5. The molecule has 0 aromatic heterocycles. The number of carbonyl (C=O) groups is 4. The topological polar surface area (TPSA) is 95.0 Å². The third-order valence-corrected chi connectivity index (χ3v) is 6.08. The molecule has 1 N–H and O–H groups in total. The van der Waals surface area contributed by atoms with Crippen LogP contribution in [0.1, 0.15) is 25.8 Å². The van der Waals surface area contributed by atoms with E-state index in [1.54, 1.807) is 6.08 Å². The summed E-state index contributed by atoms with van der Waals surface area (Å²) in [5.41, 5.74) is -2.24. The molecule has 2 aliphatic heterocycles. The van der Waals surface area contributed by atoms with Crippen LogP contribution >= 0.6 is 11.8 Å². The minimum atomic E-state index is -1.63. The number of nitrogens with zero attached hydrogens (tertiary/aromatic N) is 2. The summed E-state index contributed by atoms with van der Waals surface area (Å²) in [6.07, 6.45) is 3.36. The van der Waals surface area contributed by atoms with Gasteiger partial charge in [-0.2, -0.15) is 0 Å². The molecule has 7 nitrogen and oxygen atoms in total. The zero-order valence-electron chi connectivity index (χ0n) is 15.8. The van der Waals surface area contributed by atoms with Gasteiger partial charge >= 0.3 is 5.97 Å². The Morgan fingerprint density at radius 1 is 1.18 bits per heavy atom. The molecule has 8 heteroatoms. The number of carboxylic acids is 1. The van der Waals surface area contributed by atoms with Crippen molar-refractivity contribution in [2.75, 3.05) is 12.3 Å². The highest BCUT2D eigenvalue weighted by atomic mass is 32.2. The molecular formula is C20H22N2O5S. The number of rotatable bonds is 6. The second-order valence-corrected chi connectivity index (χ2v) is 8.47. The van der Waals surface area contributed by atoms with E-state index in [9.17, 15) is 24.3 Å². The summed E-state index contributed by atoms with van der Waals surface area (Å²) in [4.78, 5) is 50.2. The van der Waals surface area contributed by atoms with E-state index in [0.717, 1.165) is 22.3 Å². The molecule has 0 spiro atoms. The summed E-state index contributed by atoms with van der Waals surface area (Å²) in [6.45, 7) is 2.99. The number of hydrogen-bond donors (Lipinski definition) is 1. The predicted octanol–water partition coefficient (Wildman–Crippen LogP) is 1.88. The first kappa shape index (κ1) is 20.1. The summed E-state index contributed by atoms with van der Waals surface area (Å²) in [5.74, 6) is -1.84. The van der Waals surface area contributed by atoms with E-state index in [2.05, 4.69) is 0 Å². The van der Waals surface area contributed by atoms with Crippen molar-refractivity contribution in [1.82, 2.24) is 10.0 Å². The van der Waals surface area contributed by atoms with Gasteiger partial charge in [0.25, 0.3) is 11.8 Å². The van der Waals surface area contributed by atoms with Crippen molar-refractivity contribution in [2.24, 2.45) is 5.41 Å². The first-order valence-electron chi connectivity index (χ1n) is 8.97. The van der Waals surface area contributed by atoms with Crippen LogP contribution in [0.2, 0.25) is 0 Å². The summed E-state index contributed by atoms with van der Waals surface area (Å²) in [5, 5.41) is 11.9. The molecule has 2 atom stereocenters. The SMILES string of the molecule is CC(=O)SCCC1(Cc2ccccc2)C(=O)N2CC=CC(C)(C(=O)O)N2C1=O. The molecule has 0 saturated carbocycles. The van der Waals surface area contributed by atoms with Gasteiger partial charge in [0.2, 0.25) is 0 Å². The molecule has 0 radical (unpaired) electrons. The van der Waals surface area contributed by atoms with E-state index in [4.69, 9.17) is 0 Å². The number of aliphatic carboxylic acids is 1. The summed E-state index contributed by atoms with van der Waals surface area (Å²) in [6, 6.07) is 9.17. The molecule has 1 saturated heterocycles. The van der Waals surface area contributed by atoms with Crippen molar-refractivity contribution >= 4 is 34.7 Å². The molecule has 0 aliphatic carbocycles. The molecule has 1 fully saturated rings. The predicted molar refractivity (Wildman–Crippen MR) is 104 cm³/mol. The van der Waals surface area contributed by atoms with Gasteiger partial charge in [0.1, 0.15) is 5.41 Å².